The van der Waals surface area contributed by atoms with Crippen molar-refractivity contribution < 1.29 is 4.39 Å². The molecule has 0 radical (unpaired) electrons. The molecule has 0 aromatic heterocycles. The van der Waals surface area contributed by atoms with Gasteiger partial charge in [-0.2, -0.15) is 0 Å². The van der Waals surface area contributed by atoms with E-state index in [0.717, 1.165) is 31.2 Å². The SMILES string of the molecule is Fc1ccc(NCC2CNC2)cc1. The average Bonchev–Trinajstić information content (AvgIpc) is 2.05. The van der Waals surface area contributed by atoms with Gasteiger partial charge in [-0.3, -0.25) is 0 Å². The molecule has 0 unspecified atom stereocenters. The highest BCUT2D eigenvalue weighted by atomic mass is 19.1. The first-order chi connectivity index (χ1) is 6.34. The van der Waals surface area contributed by atoms with E-state index < -0.39 is 0 Å². The lowest BCUT2D eigenvalue weighted by molar-refractivity contribution is 0.365. The molecule has 3 heteroatoms. The van der Waals surface area contributed by atoms with Crippen molar-refractivity contribution in [3.8, 4) is 0 Å². The Balaban J connectivity index is 1.83. The molecule has 1 aromatic carbocycles. The van der Waals surface area contributed by atoms with Crippen molar-refractivity contribution in [2.75, 3.05) is 25.0 Å². The van der Waals surface area contributed by atoms with Gasteiger partial charge in [-0.25, -0.2) is 4.39 Å². The van der Waals surface area contributed by atoms with Crippen LogP contribution in [0.3, 0.4) is 0 Å². The molecular formula is C10H13FN2. The third-order valence-electron chi connectivity index (χ3n) is 2.31. The molecule has 0 bridgehead atoms. The van der Waals surface area contributed by atoms with Gasteiger partial charge < -0.3 is 10.6 Å². The molecular weight excluding hydrogens is 167 g/mol. The maximum Gasteiger partial charge on any atom is 0.123 e. The second kappa shape index (κ2) is 3.75. The largest absolute Gasteiger partial charge is 0.385 e. The van der Waals surface area contributed by atoms with Crippen molar-refractivity contribution in [1.29, 1.82) is 0 Å². The minimum absolute atomic E-state index is 0.184. The van der Waals surface area contributed by atoms with Crippen LogP contribution in [0.25, 0.3) is 0 Å². The molecule has 0 saturated carbocycles. The molecule has 2 N–H and O–H groups in total. The predicted octanol–water partition coefficient (Wildman–Crippen LogP) is 1.46. The van der Waals surface area contributed by atoms with Gasteiger partial charge in [-0.15, -0.1) is 0 Å². The van der Waals surface area contributed by atoms with Crippen molar-refractivity contribution in [3.63, 3.8) is 0 Å². The number of anilines is 1. The standard InChI is InChI=1S/C10H13FN2/c11-9-1-3-10(4-2-9)13-7-8-5-12-6-8/h1-4,8,12-13H,5-7H2. The van der Waals surface area contributed by atoms with Crippen LogP contribution in [-0.4, -0.2) is 19.6 Å². The lowest BCUT2D eigenvalue weighted by Crippen LogP contribution is -2.45. The van der Waals surface area contributed by atoms with Crippen LogP contribution in [0.5, 0.6) is 0 Å². The molecule has 1 aliphatic heterocycles. The van der Waals surface area contributed by atoms with E-state index in [9.17, 15) is 4.39 Å². The number of hydrogen-bond acceptors (Lipinski definition) is 2. The Bertz CT molecular complexity index is 267. The van der Waals surface area contributed by atoms with Crippen LogP contribution in [0.2, 0.25) is 0 Å². The van der Waals surface area contributed by atoms with Gasteiger partial charge in [-0.1, -0.05) is 0 Å². The van der Waals surface area contributed by atoms with Gasteiger partial charge in [0.05, 0.1) is 0 Å². The molecule has 2 nitrogen and oxygen atoms in total. The Morgan fingerprint density at radius 3 is 2.54 bits per heavy atom. The van der Waals surface area contributed by atoms with E-state index in [0.29, 0.717) is 0 Å². The van der Waals surface area contributed by atoms with E-state index in [2.05, 4.69) is 10.6 Å². The first kappa shape index (κ1) is 8.51. The molecule has 2 rings (SSSR count). The van der Waals surface area contributed by atoms with Crippen LogP contribution in [0, 0.1) is 11.7 Å². The maximum atomic E-state index is 12.5. The van der Waals surface area contributed by atoms with Gasteiger partial charge in [0.15, 0.2) is 0 Å². The van der Waals surface area contributed by atoms with Crippen LogP contribution in [0.15, 0.2) is 24.3 Å². The highest BCUT2D eigenvalue weighted by molar-refractivity contribution is 5.42. The quantitative estimate of drug-likeness (QED) is 0.735. The fourth-order valence-corrected chi connectivity index (χ4v) is 1.32. The number of hydrogen-bond donors (Lipinski definition) is 2. The molecule has 1 heterocycles. The molecule has 1 saturated heterocycles. The summed E-state index contributed by atoms with van der Waals surface area (Å²) in [6, 6.07) is 6.48. The highest BCUT2D eigenvalue weighted by Gasteiger charge is 2.15. The molecule has 0 spiro atoms. The molecule has 0 aliphatic carbocycles. The van der Waals surface area contributed by atoms with Crippen LogP contribution in [0.4, 0.5) is 10.1 Å². The van der Waals surface area contributed by atoms with Gasteiger partial charge in [0.2, 0.25) is 0 Å². The zero-order valence-corrected chi connectivity index (χ0v) is 7.39. The average molecular weight is 180 g/mol. The maximum absolute atomic E-state index is 12.5. The number of rotatable bonds is 3. The summed E-state index contributed by atoms with van der Waals surface area (Å²) in [5, 5.41) is 6.47. The van der Waals surface area contributed by atoms with Crippen LogP contribution in [-0.2, 0) is 0 Å². The second-order valence-corrected chi connectivity index (χ2v) is 3.41. The molecule has 70 valence electrons. The summed E-state index contributed by atoms with van der Waals surface area (Å²) in [4.78, 5) is 0. The van der Waals surface area contributed by atoms with Crippen molar-refractivity contribution in [2.45, 2.75) is 0 Å². The number of nitrogens with one attached hydrogen (secondary N) is 2. The summed E-state index contributed by atoms with van der Waals surface area (Å²) in [5.41, 5.74) is 0.994. The van der Waals surface area contributed by atoms with Crippen molar-refractivity contribution in [2.24, 2.45) is 5.92 Å². The third kappa shape index (κ3) is 2.18. The second-order valence-electron chi connectivity index (χ2n) is 3.41. The zero-order valence-electron chi connectivity index (χ0n) is 7.39. The Kier molecular flexibility index (Phi) is 2.45. The predicted molar refractivity (Wildman–Crippen MR) is 51.2 cm³/mol. The molecule has 1 aliphatic rings. The lowest BCUT2D eigenvalue weighted by atomic mass is 10.0. The van der Waals surface area contributed by atoms with E-state index in [-0.39, 0.29) is 5.82 Å². The summed E-state index contributed by atoms with van der Waals surface area (Å²) in [7, 11) is 0. The fraction of sp³-hybridized carbons (Fsp3) is 0.400. The molecule has 1 aromatic rings. The first-order valence-electron chi connectivity index (χ1n) is 4.55. The van der Waals surface area contributed by atoms with Gasteiger partial charge >= 0.3 is 0 Å². The van der Waals surface area contributed by atoms with Gasteiger partial charge in [-0.05, 0) is 24.3 Å². The van der Waals surface area contributed by atoms with E-state index in [1.165, 1.54) is 12.1 Å². The van der Waals surface area contributed by atoms with Crippen molar-refractivity contribution in [3.05, 3.63) is 30.1 Å². The Hall–Kier alpha value is -1.09. The van der Waals surface area contributed by atoms with E-state index in [1.54, 1.807) is 12.1 Å². The molecule has 13 heavy (non-hydrogen) atoms. The summed E-state index contributed by atoms with van der Waals surface area (Å²) < 4.78 is 12.5. The van der Waals surface area contributed by atoms with Crippen LogP contribution >= 0.6 is 0 Å². The number of benzene rings is 1. The lowest BCUT2D eigenvalue weighted by Gasteiger charge is -2.27. The minimum Gasteiger partial charge on any atom is -0.385 e. The summed E-state index contributed by atoms with van der Waals surface area (Å²) in [5.74, 6) is 0.543. The summed E-state index contributed by atoms with van der Waals surface area (Å²) >= 11 is 0. The Morgan fingerprint density at radius 2 is 2.00 bits per heavy atom. The normalized spacial score (nSPS) is 16.7. The van der Waals surface area contributed by atoms with Crippen molar-refractivity contribution >= 4 is 5.69 Å². The van der Waals surface area contributed by atoms with E-state index in [4.69, 9.17) is 0 Å². The molecule has 0 amide bonds. The Morgan fingerprint density at radius 1 is 1.31 bits per heavy atom. The van der Waals surface area contributed by atoms with Crippen LogP contribution in [0.1, 0.15) is 0 Å². The van der Waals surface area contributed by atoms with Gasteiger partial charge in [0, 0.05) is 31.2 Å². The van der Waals surface area contributed by atoms with Gasteiger partial charge in [0.1, 0.15) is 5.82 Å². The third-order valence-corrected chi connectivity index (χ3v) is 2.31. The smallest absolute Gasteiger partial charge is 0.123 e. The molecule has 1 fully saturated rings. The van der Waals surface area contributed by atoms with Crippen molar-refractivity contribution in [1.82, 2.24) is 5.32 Å². The molecule has 0 atom stereocenters. The van der Waals surface area contributed by atoms with Gasteiger partial charge in [0.25, 0.3) is 0 Å². The zero-order chi connectivity index (χ0) is 9.10. The highest BCUT2D eigenvalue weighted by Crippen LogP contribution is 2.10. The topological polar surface area (TPSA) is 24.1 Å². The summed E-state index contributed by atoms with van der Waals surface area (Å²) in [6.07, 6.45) is 0. The van der Waals surface area contributed by atoms with E-state index in [1.807, 2.05) is 0 Å². The van der Waals surface area contributed by atoms with E-state index >= 15 is 0 Å². The van der Waals surface area contributed by atoms with Crippen LogP contribution < -0.4 is 10.6 Å². The Labute approximate surface area is 77.2 Å². The summed E-state index contributed by atoms with van der Waals surface area (Å²) in [6.45, 7) is 3.15. The minimum atomic E-state index is -0.184. The fourth-order valence-electron chi connectivity index (χ4n) is 1.32. The number of halogens is 1. The monoisotopic (exact) mass is 180 g/mol. The first-order valence-corrected chi connectivity index (χ1v) is 4.55.